The highest BCUT2D eigenvalue weighted by molar-refractivity contribution is 5.94. The first-order valence-electron chi connectivity index (χ1n) is 7.73. The van der Waals surface area contributed by atoms with Crippen LogP contribution < -0.4 is 5.32 Å². The van der Waals surface area contributed by atoms with E-state index < -0.39 is 5.54 Å². The predicted octanol–water partition coefficient (Wildman–Crippen LogP) is 1.84. The number of amides is 2. The molecule has 0 radical (unpaired) electrons. The monoisotopic (exact) mass is 264 g/mol. The first-order valence-corrected chi connectivity index (χ1v) is 7.73. The van der Waals surface area contributed by atoms with Crippen LogP contribution in [0.1, 0.15) is 58.3 Å². The van der Waals surface area contributed by atoms with Crippen molar-refractivity contribution in [2.24, 2.45) is 5.92 Å². The van der Waals surface area contributed by atoms with Crippen molar-refractivity contribution in [2.45, 2.75) is 69.9 Å². The summed E-state index contributed by atoms with van der Waals surface area (Å²) in [5, 5.41) is 3.07. The molecular weight excluding hydrogens is 240 g/mol. The van der Waals surface area contributed by atoms with Crippen molar-refractivity contribution < 1.29 is 9.59 Å². The maximum atomic E-state index is 13.0. The minimum Gasteiger partial charge on any atom is -0.342 e. The van der Waals surface area contributed by atoms with Crippen LogP contribution in [0.3, 0.4) is 0 Å². The minimum absolute atomic E-state index is 0.0504. The van der Waals surface area contributed by atoms with E-state index in [1.807, 2.05) is 11.8 Å². The van der Waals surface area contributed by atoms with Gasteiger partial charge in [-0.25, -0.2) is 0 Å². The van der Waals surface area contributed by atoms with Gasteiger partial charge in [0.15, 0.2) is 0 Å². The second-order valence-electron chi connectivity index (χ2n) is 6.64. The van der Waals surface area contributed by atoms with Crippen LogP contribution in [0.15, 0.2) is 0 Å². The van der Waals surface area contributed by atoms with E-state index in [1.54, 1.807) is 0 Å². The molecular formula is C15H24N2O2. The van der Waals surface area contributed by atoms with Gasteiger partial charge in [0, 0.05) is 19.0 Å². The van der Waals surface area contributed by atoms with Gasteiger partial charge < -0.3 is 10.2 Å². The molecule has 0 aromatic rings. The Kier molecular flexibility index (Phi) is 3.27. The van der Waals surface area contributed by atoms with Gasteiger partial charge in [0.2, 0.25) is 11.8 Å². The third-order valence-corrected chi connectivity index (χ3v) is 4.92. The molecule has 1 unspecified atom stereocenters. The fourth-order valence-electron chi connectivity index (χ4n) is 3.56. The van der Waals surface area contributed by atoms with Crippen LogP contribution in [0.5, 0.6) is 0 Å². The number of nitrogens with zero attached hydrogens (tertiary/aromatic N) is 1. The lowest BCUT2D eigenvalue weighted by atomic mass is 9.80. The highest BCUT2D eigenvalue weighted by Gasteiger charge is 2.47. The molecule has 3 rings (SSSR count). The zero-order valence-corrected chi connectivity index (χ0v) is 11.8. The molecule has 4 heteroatoms. The molecule has 0 bridgehead atoms. The Bertz CT molecular complexity index is 384. The van der Waals surface area contributed by atoms with E-state index in [-0.39, 0.29) is 17.9 Å². The van der Waals surface area contributed by atoms with Crippen LogP contribution in [-0.2, 0) is 9.59 Å². The first-order chi connectivity index (χ1) is 9.11. The second kappa shape index (κ2) is 4.80. The maximum Gasteiger partial charge on any atom is 0.248 e. The third-order valence-electron chi connectivity index (χ3n) is 4.92. The van der Waals surface area contributed by atoms with Crippen molar-refractivity contribution in [3.8, 4) is 0 Å². The molecule has 1 aliphatic heterocycles. The van der Waals surface area contributed by atoms with Crippen molar-refractivity contribution in [3.05, 3.63) is 0 Å². The summed E-state index contributed by atoms with van der Waals surface area (Å²) in [5.41, 5.74) is -0.574. The summed E-state index contributed by atoms with van der Waals surface area (Å²) in [5.74, 6) is 0.929. The quantitative estimate of drug-likeness (QED) is 0.827. The van der Waals surface area contributed by atoms with Crippen molar-refractivity contribution >= 4 is 11.8 Å². The Labute approximate surface area is 114 Å². The molecule has 3 aliphatic rings. The smallest absolute Gasteiger partial charge is 0.248 e. The van der Waals surface area contributed by atoms with Gasteiger partial charge in [0.25, 0.3) is 0 Å². The molecule has 2 amide bonds. The van der Waals surface area contributed by atoms with Gasteiger partial charge >= 0.3 is 0 Å². The lowest BCUT2D eigenvalue weighted by molar-refractivity contribution is -0.141. The Morgan fingerprint density at radius 1 is 1.21 bits per heavy atom. The summed E-state index contributed by atoms with van der Waals surface area (Å²) in [6.45, 7) is 2.87. The Morgan fingerprint density at radius 3 is 2.53 bits per heavy atom. The van der Waals surface area contributed by atoms with Crippen molar-refractivity contribution in [2.75, 3.05) is 6.54 Å². The van der Waals surface area contributed by atoms with Gasteiger partial charge in [0.05, 0.1) is 0 Å². The highest BCUT2D eigenvalue weighted by Crippen LogP contribution is 2.36. The summed E-state index contributed by atoms with van der Waals surface area (Å²) in [6.07, 6.45) is 7.88. The lowest BCUT2D eigenvalue weighted by Crippen LogP contribution is -2.58. The van der Waals surface area contributed by atoms with Gasteiger partial charge in [-0.15, -0.1) is 0 Å². The zero-order chi connectivity index (χ0) is 13.5. The molecule has 1 spiro atoms. The van der Waals surface area contributed by atoms with Crippen molar-refractivity contribution in [1.29, 1.82) is 0 Å². The van der Waals surface area contributed by atoms with Gasteiger partial charge in [-0.1, -0.05) is 19.3 Å². The molecule has 2 aliphatic carbocycles. The Morgan fingerprint density at radius 2 is 1.89 bits per heavy atom. The zero-order valence-electron chi connectivity index (χ0n) is 11.8. The second-order valence-corrected chi connectivity index (χ2v) is 6.64. The van der Waals surface area contributed by atoms with E-state index in [4.69, 9.17) is 0 Å². The third kappa shape index (κ3) is 2.49. The fourth-order valence-corrected chi connectivity index (χ4v) is 3.56. The number of carbonyl (C=O) groups excluding carboxylic acids is 2. The van der Waals surface area contributed by atoms with E-state index in [9.17, 15) is 9.59 Å². The first kappa shape index (κ1) is 12.9. The van der Waals surface area contributed by atoms with E-state index in [0.29, 0.717) is 12.3 Å². The summed E-state index contributed by atoms with van der Waals surface area (Å²) >= 11 is 0. The summed E-state index contributed by atoms with van der Waals surface area (Å²) in [6, 6.07) is 0.0504. The molecule has 1 saturated heterocycles. The van der Waals surface area contributed by atoms with Crippen LogP contribution >= 0.6 is 0 Å². The average Bonchev–Trinajstić information content (AvgIpc) is 3.19. The summed E-state index contributed by atoms with van der Waals surface area (Å²) in [7, 11) is 0. The van der Waals surface area contributed by atoms with E-state index in [2.05, 4.69) is 5.32 Å². The molecule has 1 atom stereocenters. The van der Waals surface area contributed by atoms with Gasteiger partial charge in [-0.05, 0) is 38.5 Å². The lowest BCUT2D eigenvalue weighted by Gasteiger charge is -2.39. The van der Waals surface area contributed by atoms with E-state index >= 15 is 0 Å². The SMILES string of the molecule is CC1CC(=O)NC2(CCCCC2)C(=O)N1CC1CC1. The summed E-state index contributed by atoms with van der Waals surface area (Å²) < 4.78 is 0. The van der Waals surface area contributed by atoms with Crippen LogP contribution in [-0.4, -0.2) is 34.8 Å². The molecule has 1 heterocycles. The fraction of sp³-hybridized carbons (Fsp3) is 0.867. The number of hydrogen-bond acceptors (Lipinski definition) is 2. The molecule has 0 aromatic carbocycles. The van der Waals surface area contributed by atoms with Crippen LogP contribution in [0.4, 0.5) is 0 Å². The van der Waals surface area contributed by atoms with Crippen LogP contribution in [0, 0.1) is 5.92 Å². The Hall–Kier alpha value is -1.06. The molecule has 2 saturated carbocycles. The standard InChI is InChI=1S/C15H24N2O2/c1-11-9-13(18)16-15(7-3-2-4-8-15)14(19)17(11)10-12-5-6-12/h11-12H,2-10H2,1H3,(H,16,18). The maximum absolute atomic E-state index is 13.0. The molecule has 106 valence electrons. The molecule has 0 aromatic heterocycles. The van der Waals surface area contributed by atoms with E-state index in [1.165, 1.54) is 19.3 Å². The topological polar surface area (TPSA) is 49.4 Å². The number of rotatable bonds is 2. The largest absolute Gasteiger partial charge is 0.342 e. The average molecular weight is 264 g/mol. The number of nitrogens with one attached hydrogen (secondary N) is 1. The number of carbonyl (C=O) groups is 2. The van der Waals surface area contributed by atoms with Crippen molar-refractivity contribution in [3.63, 3.8) is 0 Å². The summed E-state index contributed by atoms with van der Waals surface area (Å²) in [4.78, 5) is 27.0. The van der Waals surface area contributed by atoms with Crippen LogP contribution in [0.2, 0.25) is 0 Å². The van der Waals surface area contributed by atoms with E-state index in [0.717, 1.165) is 32.2 Å². The Balaban J connectivity index is 1.85. The predicted molar refractivity (Wildman–Crippen MR) is 72.5 cm³/mol. The normalized spacial score (nSPS) is 31.2. The van der Waals surface area contributed by atoms with Gasteiger partial charge in [-0.2, -0.15) is 0 Å². The minimum atomic E-state index is -0.574. The number of hydrogen-bond donors (Lipinski definition) is 1. The molecule has 3 fully saturated rings. The van der Waals surface area contributed by atoms with Crippen LogP contribution in [0.25, 0.3) is 0 Å². The van der Waals surface area contributed by atoms with Crippen molar-refractivity contribution in [1.82, 2.24) is 10.2 Å². The molecule has 19 heavy (non-hydrogen) atoms. The molecule has 4 nitrogen and oxygen atoms in total. The highest BCUT2D eigenvalue weighted by atomic mass is 16.2. The van der Waals surface area contributed by atoms with Gasteiger partial charge in [-0.3, -0.25) is 9.59 Å². The molecule has 1 N–H and O–H groups in total. The van der Waals surface area contributed by atoms with Gasteiger partial charge in [0.1, 0.15) is 5.54 Å².